The molecule has 2 heteroatoms. The molecule has 0 aliphatic carbocycles. The molecule has 0 fully saturated rings. The Morgan fingerprint density at radius 1 is 1.33 bits per heavy atom. The lowest BCUT2D eigenvalue weighted by Gasteiger charge is -2.30. The number of nitrogens with one attached hydrogen (secondary N) is 1. The van der Waals surface area contributed by atoms with Crippen molar-refractivity contribution < 1.29 is 4.79 Å². The van der Waals surface area contributed by atoms with Crippen LogP contribution >= 0.6 is 0 Å². The molecule has 2 nitrogen and oxygen atoms in total. The van der Waals surface area contributed by atoms with E-state index in [2.05, 4.69) is 32.2 Å². The Bertz CT molecular complexity index is 397. The molecule has 1 aliphatic heterocycles. The molecule has 15 heavy (non-hydrogen) atoms. The average molecular weight is 203 g/mol. The average Bonchev–Trinajstić information content (AvgIpc) is 2.50. The summed E-state index contributed by atoms with van der Waals surface area (Å²) in [5, 5.41) is 2.98. The van der Waals surface area contributed by atoms with E-state index in [9.17, 15) is 4.79 Å². The van der Waals surface area contributed by atoms with Crippen LogP contribution in [0.4, 0.5) is 5.69 Å². The molecule has 2 rings (SSSR count). The number of fused-ring (bicyclic) bond motifs is 1. The molecule has 0 aromatic heterocycles. The number of rotatable bonds is 2. The molecule has 80 valence electrons. The smallest absolute Gasteiger partial charge is 0.235 e. The highest BCUT2D eigenvalue weighted by Gasteiger charge is 2.47. The fraction of sp³-hybridized carbons (Fsp3) is 0.462. The predicted octanol–water partition coefficient (Wildman–Crippen LogP) is 2.94. The summed E-state index contributed by atoms with van der Waals surface area (Å²) in [6.07, 6.45) is 0.855. The summed E-state index contributed by atoms with van der Waals surface area (Å²) in [6, 6.07) is 8.01. The summed E-state index contributed by atoms with van der Waals surface area (Å²) in [4.78, 5) is 12.1. The van der Waals surface area contributed by atoms with Crippen molar-refractivity contribution in [2.24, 2.45) is 5.92 Å². The van der Waals surface area contributed by atoms with E-state index in [0.29, 0.717) is 5.92 Å². The van der Waals surface area contributed by atoms with Crippen LogP contribution in [0, 0.1) is 5.92 Å². The molecule has 1 aromatic carbocycles. The standard InChI is InChI=1S/C13H17NO/c1-4-13(9(2)3)10-7-5-6-8-11(10)14-12(13)15/h5-9H,4H2,1-3H3,(H,14,15). The SMILES string of the molecule is CCC1(C(C)C)C(=O)Nc2ccccc21. The third kappa shape index (κ3) is 1.21. The summed E-state index contributed by atoms with van der Waals surface area (Å²) in [6.45, 7) is 6.32. The molecule has 1 amide bonds. The van der Waals surface area contributed by atoms with Crippen molar-refractivity contribution in [1.82, 2.24) is 0 Å². The fourth-order valence-corrected chi connectivity index (χ4v) is 2.67. The van der Waals surface area contributed by atoms with Crippen LogP contribution in [0.1, 0.15) is 32.8 Å². The molecule has 1 unspecified atom stereocenters. The molecule has 1 atom stereocenters. The number of carbonyl (C=O) groups is 1. The molecule has 0 radical (unpaired) electrons. The highest BCUT2D eigenvalue weighted by molar-refractivity contribution is 6.06. The molecule has 0 spiro atoms. The maximum Gasteiger partial charge on any atom is 0.235 e. The van der Waals surface area contributed by atoms with Gasteiger partial charge in [0, 0.05) is 5.69 Å². The zero-order valence-electron chi connectivity index (χ0n) is 9.50. The van der Waals surface area contributed by atoms with E-state index in [-0.39, 0.29) is 11.3 Å². The van der Waals surface area contributed by atoms with Crippen LogP contribution in [-0.2, 0) is 10.2 Å². The lowest BCUT2D eigenvalue weighted by molar-refractivity contribution is -0.122. The number of carbonyl (C=O) groups excluding carboxylic acids is 1. The van der Waals surface area contributed by atoms with Crippen LogP contribution in [0.2, 0.25) is 0 Å². The van der Waals surface area contributed by atoms with Gasteiger partial charge >= 0.3 is 0 Å². The third-order valence-corrected chi connectivity index (χ3v) is 3.60. The first-order valence-electron chi connectivity index (χ1n) is 5.54. The number of benzene rings is 1. The Hall–Kier alpha value is -1.31. The molecule has 1 heterocycles. The fourth-order valence-electron chi connectivity index (χ4n) is 2.67. The van der Waals surface area contributed by atoms with Crippen molar-refractivity contribution in [3.05, 3.63) is 29.8 Å². The van der Waals surface area contributed by atoms with E-state index in [1.807, 2.05) is 18.2 Å². The normalized spacial score (nSPS) is 24.1. The van der Waals surface area contributed by atoms with Crippen LogP contribution in [0.25, 0.3) is 0 Å². The highest BCUT2D eigenvalue weighted by atomic mass is 16.2. The van der Waals surface area contributed by atoms with Crippen molar-refractivity contribution in [2.75, 3.05) is 5.32 Å². The van der Waals surface area contributed by atoms with Crippen LogP contribution < -0.4 is 5.32 Å². The first-order valence-corrected chi connectivity index (χ1v) is 5.54. The van der Waals surface area contributed by atoms with E-state index in [4.69, 9.17) is 0 Å². The van der Waals surface area contributed by atoms with Gasteiger partial charge in [-0.3, -0.25) is 4.79 Å². The summed E-state index contributed by atoms with van der Waals surface area (Å²) in [7, 11) is 0. The van der Waals surface area contributed by atoms with Crippen LogP contribution in [0.15, 0.2) is 24.3 Å². The van der Waals surface area contributed by atoms with E-state index < -0.39 is 0 Å². The van der Waals surface area contributed by atoms with Crippen molar-refractivity contribution in [1.29, 1.82) is 0 Å². The first kappa shape index (κ1) is 10.2. The molecule has 0 saturated heterocycles. The highest BCUT2D eigenvalue weighted by Crippen LogP contribution is 2.44. The second-order valence-electron chi connectivity index (χ2n) is 4.48. The summed E-state index contributed by atoms with van der Waals surface area (Å²) in [5.74, 6) is 0.479. The summed E-state index contributed by atoms with van der Waals surface area (Å²) in [5.41, 5.74) is 1.82. The second kappa shape index (κ2) is 3.37. The van der Waals surface area contributed by atoms with E-state index >= 15 is 0 Å². The van der Waals surface area contributed by atoms with Gasteiger partial charge in [0.2, 0.25) is 5.91 Å². The van der Waals surface area contributed by atoms with Gasteiger partial charge in [-0.15, -0.1) is 0 Å². The van der Waals surface area contributed by atoms with Gasteiger partial charge in [-0.05, 0) is 24.0 Å². The minimum absolute atomic E-state index is 0.154. The minimum atomic E-state index is -0.323. The lowest BCUT2D eigenvalue weighted by atomic mass is 9.71. The monoisotopic (exact) mass is 203 g/mol. The quantitative estimate of drug-likeness (QED) is 0.786. The van der Waals surface area contributed by atoms with Gasteiger partial charge < -0.3 is 5.32 Å². The van der Waals surface area contributed by atoms with E-state index in [1.165, 1.54) is 0 Å². The Kier molecular flexibility index (Phi) is 2.29. The Labute approximate surface area is 90.7 Å². The number of hydrogen-bond donors (Lipinski definition) is 1. The van der Waals surface area contributed by atoms with E-state index in [0.717, 1.165) is 17.7 Å². The molecule has 1 aromatic rings. The number of anilines is 1. The van der Waals surface area contributed by atoms with Crippen LogP contribution in [0.3, 0.4) is 0 Å². The Morgan fingerprint density at radius 3 is 2.60 bits per heavy atom. The van der Waals surface area contributed by atoms with Crippen molar-refractivity contribution in [3.8, 4) is 0 Å². The van der Waals surface area contributed by atoms with Gasteiger partial charge in [-0.1, -0.05) is 39.0 Å². The van der Waals surface area contributed by atoms with Gasteiger partial charge in [0.05, 0.1) is 5.41 Å². The maximum atomic E-state index is 12.1. The Balaban J connectivity index is 2.62. The molecule has 1 aliphatic rings. The number of hydrogen-bond acceptors (Lipinski definition) is 1. The predicted molar refractivity (Wildman–Crippen MR) is 61.9 cm³/mol. The lowest BCUT2D eigenvalue weighted by Crippen LogP contribution is -2.38. The van der Waals surface area contributed by atoms with Gasteiger partial charge in [-0.2, -0.15) is 0 Å². The van der Waals surface area contributed by atoms with E-state index in [1.54, 1.807) is 0 Å². The molecule has 1 N–H and O–H groups in total. The summed E-state index contributed by atoms with van der Waals surface area (Å²) < 4.78 is 0. The van der Waals surface area contributed by atoms with Gasteiger partial charge in [-0.25, -0.2) is 0 Å². The van der Waals surface area contributed by atoms with Gasteiger partial charge in [0.25, 0.3) is 0 Å². The second-order valence-corrected chi connectivity index (χ2v) is 4.48. The maximum absolute atomic E-state index is 12.1. The molecular formula is C13H17NO. The molecule has 0 bridgehead atoms. The molecule has 0 saturated carbocycles. The summed E-state index contributed by atoms with van der Waals surface area (Å²) >= 11 is 0. The van der Waals surface area contributed by atoms with Crippen LogP contribution in [0.5, 0.6) is 0 Å². The van der Waals surface area contributed by atoms with Crippen molar-refractivity contribution >= 4 is 11.6 Å². The topological polar surface area (TPSA) is 29.1 Å². The zero-order chi connectivity index (χ0) is 11.1. The molecular weight excluding hydrogens is 186 g/mol. The minimum Gasteiger partial charge on any atom is -0.325 e. The van der Waals surface area contributed by atoms with Crippen molar-refractivity contribution in [3.63, 3.8) is 0 Å². The first-order chi connectivity index (χ1) is 7.13. The third-order valence-electron chi connectivity index (χ3n) is 3.60. The number of para-hydroxylation sites is 1. The van der Waals surface area contributed by atoms with Crippen molar-refractivity contribution in [2.45, 2.75) is 32.6 Å². The largest absolute Gasteiger partial charge is 0.325 e. The number of amides is 1. The van der Waals surface area contributed by atoms with Gasteiger partial charge in [0.15, 0.2) is 0 Å². The Morgan fingerprint density at radius 2 is 2.00 bits per heavy atom. The van der Waals surface area contributed by atoms with Gasteiger partial charge in [0.1, 0.15) is 0 Å². The van der Waals surface area contributed by atoms with Crippen LogP contribution in [-0.4, -0.2) is 5.91 Å². The zero-order valence-corrected chi connectivity index (χ0v) is 9.50.